The third-order valence-corrected chi connectivity index (χ3v) is 2.99. The minimum atomic E-state index is -1.38. The van der Waals surface area contributed by atoms with Gasteiger partial charge in [0.15, 0.2) is 5.69 Å². The number of benzene rings is 1. The van der Waals surface area contributed by atoms with E-state index in [9.17, 15) is 9.59 Å². The van der Waals surface area contributed by atoms with Gasteiger partial charge >= 0.3 is 11.9 Å². The molecule has 0 saturated heterocycles. The zero-order valence-corrected chi connectivity index (χ0v) is 11.9. The molecule has 0 amide bonds. The molecule has 7 heteroatoms. The van der Waals surface area contributed by atoms with Gasteiger partial charge in [-0.15, -0.1) is 0 Å². The smallest absolute Gasteiger partial charge is 0.355 e. The molecule has 0 aliphatic carbocycles. The average molecular weight is 375 g/mol. The molecule has 0 atom stereocenters. The average Bonchev–Trinajstić information content (AvgIpc) is 2.45. The molecule has 108 valence electrons. The molecule has 0 bridgehead atoms. The third kappa shape index (κ3) is 2.49. The normalized spacial score (nSPS) is 10.3. The Kier molecular flexibility index (Phi) is 3.98. The second-order valence-corrected chi connectivity index (χ2v) is 4.21. The van der Waals surface area contributed by atoms with Crippen molar-refractivity contribution >= 4 is 33.7 Å². The molecule has 0 aliphatic rings. The molecule has 2 aromatic heterocycles. The Morgan fingerprint density at radius 3 is 2.33 bits per heavy atom. The summed E-state index contributed by atoms with van der Waals surface area (Å²) in [6.45, 7) is 0. The third-order valence-electron chi connectivity index (χ3n) is 2.99. The Morgan fingerprint density at radius 2 is 1.67 bits per heavy atom. The predicted octanol–water partition coefficient (Wildman–Crippen LogP) is 2.18. The second-order valence-electron chi connectivity index (χ2n) is 4.21. The molecule has 3 aromatic rings. The van der Waals surface area contributed by atoms with Gasteiger partial charge in [-0.25, -0.2) is 14.6 Å². The molecule has 0 fully saturated rings. The number of carboxylic acid groups (broad SMARTS) is 2. The Hall–Kier alpha value is -2.36. The number of aromatic nitrogens is 2. The standard InChI is InChI=1S/C14H8N2O4.Pd/c17-13(18)9-6-8-4-3-7-2-1-5-15-10(7)11(8)16-12(9)14(19)20;/h1-6H,(H,17,18)(H,19,20);. The molecule has 0 saturated carbocycles. The number of carboxylic acids is 2. The van der Waals surface area contributed by atoms with Crippen LogP contribution >= 0.6 is 0 Å². The summed E-state index contributed by atoms with van der Waals surface area (Å²) in [6, 6.07) is 8.39. The Balaban J connectivity index is 0.00000161. The summed E-state index contributed by atoms with van der Waals surface area (Å²) in [4.78, 5) is 30.4. The van der Waals surface area contributed by atoms with Gasteiger partial charge in [-0.05, 0) is 12.1 Å². The number of hydrogen-bond acceptors (Lipinski definition) is 4. The molecule has 6 nitrogen and oxygen atoms in total. The van der Waals surface area contributed by atoms with E-state index in [0.717, 1.165) is 5.39 Å². The van der Waals surface area contributed by atoms with Crippen molar-refractivity contribution in [1.29, 1.82) is 0 Å². The van der Waals surface area contributed by atoms with Crippen molar-refractivity contribution in [2.75, 3.05) is 0 Å². The maximum absolute atomic E-state index is 11.2. The van der Waals surface area contributed by atoms with Crippen LogP contribution in [0.1, 0.15) is 20.8 Å². The molecule has 2 heterocycles. The van der Waals surface area contributed by atoms with Crippen LogP contribution in [0.4, 0.5) is 0 Å². The minimum Gasteiger partial charge on any atom is -0.478 e. The van der Waals surface area contributed by atoms with Crippen molar-refractivity contribution in [1.82, 2.24) is 9.97 Å². The second kappa shape index (κ2) is 5.56. The van der Waals surface area contributed by atoms with E-state index in [1.165, 1.54) is 6.07 Å². The van der Waals surface area contributed by atoms with Crippen molar-refractivity contribution < 1.29 is 40.2 Å². The summed E-state index contributed by atoms with van der Waals surface area (Å²) in [7, 11) is 0. The van der Waals surface area contributed by atoms with E-state index < -0.39 is 17.6 Å². The summed E-state index contributed by atoms with van der Waals surface area (Å²) in [5, 5.41) is 19.5. The van der Waals surface area contributed by atoms with E-state index in [1.807, 2.05) is 6.07 Å². The van der Waals surface area contributed by atoms with Crippen LogP contribution in [0.3, 0.4) is 0 Å². The largest absolute Gasteiger partial charge is 0.478 e. The first-order valence-corrected chi connectivity index (χ1v) is 5.73. The fourth-order valence-corrected chi connectivity index (χ4v) is 2.10. The predicted molar refractivity (Wildman–Crippen MR) is 71.0 cm³/mol. The summed E-state index contributed by atoms with van der Waals surface area (Å²) in [5.41, 5.74) is 0.110. The van der Waals surface area contributed by atoms with Gasteiger partial charge in [0.1, 0.15) is 0 Å². The van der Waals surface area contributed by atoms with Crippen molar-refractivity contribution in [2.45, 2.75) is 0 Å². The molecule has 0 spiro atoms. The van der Waals surface area contributed by atoms with Crippen LogP contribution in [0, 0.1) is 0 Å². The Morgan fingerprint density at radius 1 is 0.952 bits per heavy atom. The number of fused-ring (bicyclic) bond motifs is 3. The van der Waals surface area contributed by atoms with Crippen molar-refractivity contribution in [2.24, 2.45) is 0 Å². The topological polar surface area (TPSA) is 100 Å². The number of rotatable bonds is 2. The van der Waals surface area contributed by atoms with Crippen LogP contribution in [0.25, 0.3) is 21.8 Å². The van der Waals surface area contributed by atoms with Gasteiger partial charge in [-0.1, -0.05) is 18.2 Å². The van der Waals surface area contributed by atoms with E-state index in [4.69, 9.17) is 10.2 Å². The van der Waals surface area contributed by atoms with Gasteiger partial charge in [0.05, 0.1) is 16.6 Å². The number of aromatic carboxylic acids is 2. The molecule has 0 unspecified atom stereocenters. The SMILES string of the molecule is O=C(O)c1cc2ccc3cccnc3c2nc1C(=O)O.[Pd]. The molecule has 21 heavy (non-hydrogen) atoms. The fourth-order valence-electron chi connectivity index (χ4n) is 2.10. The maximum Gasteiger partial charge on any atom is 0.355 e. The monoisotopic (exact) mass is 374 g/mol. The molecular formula is C14H8N2O4Pd. The molecule has 1 aromatic carbocycles. The van der Waals surface area contributed by atoms with Crippen molar-refractivity contribution in [3.8, 4) is 0 Å². The number of hydrogen-bond donors (Lipinski definition) is 2. The number of carbonyl (C=O) groups is 2. The van der Waals surface area contributed by atoms with Gasteiger partial charge < -0.3 is 10.2 Å². The van der Waals surface area contributed by atoms with Crippen molar-refractivity contribution in [3.63, 3.8) is 0 Å². The molecular weight excluding hydrogens is 367 g/mol. The van der Waals surface area contributed by atoms with Crippen LogP contribution in [0.15, 0.2) is 36.5 Å². The van der Waals surface area contributed by atoms with E-state index >= 15 is 0 Å². The molecule has 0 aliphatic heterocycles. The first-order chi connectivity index (χ1) is 9.58. The number of pyridine rings is 2. The summed E-state index contributed by atoms with van der Waals surface area (Å²) in [5.74, 6) is -2.70. The zero-order chi connectivity index (χ0) is 14.3. The summed E-state index contributed by atoms with van der Waals surface area (Å²) < 4.78 is 0. The van der Waals surface area contributed by atoms with Crippen LogP contribution < -0.4 is 0 Å². The maximum atomic E-state index is 11.2. The van der Waals surface area contributed by atoms with Crippen molar-refractivity contribution in [3.05, 3.63) is 47.8 Å². The van der Waals surface area contributed by atoms with Gasteiger partial charge in [0.25, 0.3) is 0 Å². The van der Waals surface area contributed by atoms with Crippen LogP contribution in [-0.4, -0.2) is 32.1 Å². The van der Waals surface area contributed by atoms with Gasteiger partial charge in [-0.3, -0.25) is 4.98 Å². The Labute approximate surface area is 132 Å². The molecule has 3 rings (SSSR count). The van der Waals surface area contributed by atoms with Gasteiger partial charge in [0, 0.05) is 37.4 Å². The first-order valence-electron chi connectivity index (χ1n) is 5.73. The quantitative estimate of drug-likeness (QED) is 0.527. The summed E-state index contributed by atoms with van der Waals surface area (Å²) >= 11 is 0. The minimum absolute atomic E-state index is 0. The fraction of sp³-hybridized carbons (Fsp3) is 0. The van der Waals surface area contributed by atoms with E-state index in [0.29, 0.717) is 16.4 Å². The van der Waals surface area contributed by atoms with E-state index in [2.05, 4.69) is 9.97 Å². The number of nitrogens with zero attached hydrogens (tertiary/aromatic N) is 2. The van der Waals surface area contributed by atoms with Crippen LogP contribution in [0.2, 0.25) is 0 Å². The van der Waals surface area contributed by atoms with Crippen LogP contribution in [0.5, 0.6) is 0 Å². The van der Waals surface area contributed by atoms with E-state index in [1.54, 1.807) is 24.4 Å². The first kappa shape index (κ1) is 15.0. The Bertz CT molecular complexity index is 879. The molecule has 0 radical (unpaired) electrons. The van der Waals surface area contributed by atoms with Crippen LogP contribution in [-0.2, 0) is 20.4 Å². The van der Waals surface area contributed by atoms with Gasteiger partial charge in [0.2, 0.25) is 0 Å². The zero-order valence-electron chi connectivity index (χ0n) is 10.4. The summed E-state index contributed by atoms with van der Waals surface area (Å²) in [6.07, 6.45) is 1.58. The van der Waals surface area contributed by atoms with E-state index in [-0.39, 0.29) is 26.0 Å². The molecule has 2 N–H and O–H groups in total. The van der Waals surface area contributed by atoms with Gasteiger partial charge in [-0.2, -0.15) is 0 Å².